The molecule has 0 atom stereocenters. The number of benzene rings is 2. The van der Waals surface area contributed by atoms with Crippen LogP contribution < -0.4 is 0 Å². The van der Waals surface area contributed by atoms with E-state index in [0.29, 0.717) is 10.9 Å². The van der Waals surface area contributed by atoms with Gasteiger partial charge in [-0.25, -0.2) is 4.79 Å². The fourth-order valence-electron chi connectivity index (χ4n) is 1.82. The van der Waals surface area contributed by atoms with Crippen molar-refractivity contribution in [3.63, 3.8) is 0 Å². The fourth-order valence-corrected chi connectivity index (χ4v) is 2.17. The molecule has 0 aromatic heterocycles. The fraction of sp³-hybridized carbons (Fsp3) is 0.133. The van der Waals surface area contributed by atoms with Crippen LogP contribution in [0.1, 0.15) is 15.9 Å². The minimum absolute atomic E-state index is 0.309. The van der Waals surface area contributed by atoms with Crippen LogP contribution >= 0.6 is 15.9 Å². The average Bonchev–Trinajstić information content (AvgIpc) is 2.46. The molecule has 0 aliphatic rings. The Hall–Kier alpha value is -1.61. The molecule has 0 bridgehead atoms. The molecule has 0 heterocycles. The molecule has 0 saturated carbocycles. The van der Waals surface area contributed by atoms with Gasteiger partial charge in [0.15, 0.2) is 0 Å². The van der Waals surface area contributed by atoms with E-state index >= 15 is 0 Å². The molecule has 2 aromatic rings. The van der Waals surface area contributed by atoms with Crippen LogP contribution in [0.25, 0.3) is 11.1 Å². The van der Waals surface area contributed by atoms with Crippen molar-refractivity contribution in [3.05, 3.63) is 59.7 Å². The van der Waals surface area contributed by atoms with Gasteiger partial charge in [0.2, 0.25) is 0 Å². The summed E-state index contributed by atoms with van der Waals surface area (Å²) in [5.41, 5.74) is 3.56. The minimum Gasteiger partial charge on any atom is -0.465 e. The van der Waals surface area contributed by atoms with E-state index in [4.69, 9.17) is 4.74 Å². The van der Waals surface area contributed by atoms with E-state index in [1.807, 2.05) is 48.5 Å². The SMILES string of the molecule is COC(=O)c1cc(CBr)ccc1-c1ccccc1. The number of hydrogen-bond acceptors (Lipinski definition) is 2. The van der Waals surface area contributed by atoms with Crippen LogP contribution in [-0.4, -0.2) is 13.1 Å². The van der Waals surface area contributed by atoms with E-state index in [2.05, 4.69) is 15.9 Å². The lowest BCUT2D eigenvalue weighted by Gasteiger charge is -2.09. The van der Waals surface area contributed by atoms with Gasteiger partial charge in [-0.05, 0) is 22.8 Å². The van der Waals surface area contributed by atoms with Crippen LogP contribution in [0.3, 0.4) is 0 Å². The second-order valence-electron chi connectivity index (χ2n) is 3.87. The molecule has 0 aliphatic heterocycles. The predicted octanol–water partition coefficient (Wildman–Crippen LogP) is 4.04. The molecule has 0 amide bonds. The van der Waals surface area contributed by atoms with E-state index in [-0.39, 0.29) is 5.97 Å². The van der Waals surface area contributed by atoms with E-state index < -0.39 is 0 Å². The zero-order chi connectivity index (χ0) is 13.0. The van der Waals surface area contributed by atoms with E-state index in [1.54, 1.807) is 0 Å². The lowest BCUT2D eigenvalue weighted by Crippen LogP contribution is -2.04. The van der Waals surface area contributed by atoms with Crippen molar-refractivity contribution in [2.75, 3.05) is 7.11 Å². The van der Waals surface area contributed by atoms with Gasteiger partial charge < -0.3 is 4.74 Å². The first-order chi connectivity index (χ1) is 8.76. The largest absolute Gasteiger partial charge is 0.465 e. The van der Waals surface area contributed by atoms with Gasteiger partial charge in [0.25, 0.3) is 0 Å². The Kier molecular flexibility index (Phi) is 4.15. The first-order valence-electron chi connectivity index (χ1n) is 5.59. The van der Waals surface area contributed by atoms with Gasteiger partial charge in [-0.1, -0.05) is 58.4 Å². The van der Waals surface area contributed by atoms with Gasteiger partial charge in [-0.3, -0.25) is 0 Å². The molecular weight excluding hydrogens is 292 g/mol. The van der Waals surface area contributed by atoms with Crippen molar-refractivity contribution in [2.24, 2.45) is 0 Å². The normalized spacial score (nSPS) is 10.1. The zero-order valence-corrected chi connectivity index (χ0v) is 11.6. The van der Waals surface area contributed by atoms with Crippen LogP contribution in [-0.2, 0) is 10.1 Å². The second kappa shape index (κ2) is 5.83. The van der Waals surface area contributed by atoms with Gasteiger partial charge in [0, 0.05) is 5.33 Å². The molecule has 92 valence electrons. The maximum Gasteiger partial charge on any atom is 0.338 e. The number of carbonyl (C=O) groups is 1. The number of hydrogen-bond donors (Lipinski definition) is 0. The third-order valence-corrected chi connectivity index (χ3v) is 3.38. The van der Waals surface area contributed by atoms with Crippen LogP contribution in [0.15, 0.2) is 48.5 Å². The van der Waals surface area contributed by atoms with Gasteiger partial charge in [0.05, 0.1) is 12.7 Å². The quantitative estimate of drug-likeness (QED) is 0.632. The Morgan fingerprint density at radius 1 is 1.17 bits per heavy atom. The Balaban J connectivity index is 2.56. The monoisotopic (exact) mass is 304 g/mol. The Morgan fingerprint density at radius 2 is 1.89 bits per heavy atom. The highest BCUT2D eigenvalue weighted by Crippen LogP contribution is 2.26. The molecule has 0 spiro atoms. The average molecular weight is 305 g/mol. The lowest BCUT2D eigenvalue weighted by molar-refractivity contribution is 0.0601. The number of alkyl halides is 1. The van der Waals surface area contributed by atoms with Gasteiger partial charge in [-0.15, -0.1) is 0 Å². The number of halogens is 1. The second-order valence-corrected chi connectivity index (χ2v) is 4.43. The molecular formula is C15H13BrO2. The standard InChI is InChI=1S/C15H13BrO2/c1-18-15(17)14-9-11(10-16)7-8-13(14)12-5-3-2-4-6-12/h2-9H,10H2,1H3. The number of methoxy groups -OCH3 is 1. The topological polar surface area (TPSA) is 26.3 Å². The van der Waals surface area contributed by atoms with Gasteiger partial charge in [-0.2, -0.15) is 0 Å². The van der Waals surface area contributed by atoms with E-state index in [1.165, 1.54) is 7.11 Å². The molecule has 3 heteroatoms. The van der Waals surface area contributed by atoms with Crippen molar-refractivity contribution in [1.82, 2.24) is 0 Å². The zero-order valence-electron chi connectivity index (χ0n) is 10.0. The summed E-state index contributed by atoms with van der Waals surface area (Å²) < 4.78 is 4.84. The van der Waals surface area contributed by atoms with Crippen LogP contribution in [0.4, 0.5) is 0 Å². The Bertz CT molecular complexity index is 550. The summed E-state index contributed by atoms with van der Waals surface area (Å²) in [5, 5.41) is 0.714. The third-order valence-electron chi connectivity index (χ3n) is 2.73. The van der Waals surface area contributed by atoms with Crippen molar-refractivity contribution >= 4 is 21.9 Å². The van der Waals surface area contributed by atoms with Crippen LogP contribution in [0.5, 0.6) is 0 Å². The van der Waals surface area contributed by atoms with Crippen molar-refractivity contribution in [3.8, 4) is 11.1 Å². The molecule has 0 N–H and O–H groups in total. The van der Waals surface area contributed by atoms with E-state index in [0.717, 1.165) is 16.7 Å². The summed E-state index contributed by atoms with van der Waals surface area (Å²) in [5.74, 6) is -0.309. The number of carbonyl (C=O) groups excluding carboxylic acids is 1. The molecule has 2 nitrogen and oxygen atoms in total. The maximum absolute atomic E-state index is 11.8. The van der Waals surface area contributed by atoms with Crippen molar-refractivity contribution < 1.29 is 9.53 Å². The number of rotatable bonds is 3. The molecule has 18 heavy (non-hydrogen) atoms. The summed E-state index contributed by atoms with van der Waals surface area (Å²) in [7, 11) is 1.40. The van der Waals surface area contributed by atoms with E-state index in [9.17, 15) is 4.79 Å². The minimum atomic E-state index is -0.309. The van der Waals surface area contributed by atoms with Gasteiger partial charge in [0.1, 0.15) is 0 Å². The Labute approximate surface area is 115 Å². The number of ether oxygens (including phenoxy) is 1. The van der Waals surface area contributed by atoms with Crippen molar-refractivity contribution in [2.45, 2.75) is 5.33 Å². The molecule has 0 unspecified atom stereocenters. The Morgan fingerprint density at radius 3 is 2.50 bits per heavy atom. The molecule has 2 rings (SSSR count). The number of esters is 1. The highest BCUT2D eigenvalue weighted by molar-refractivity contribution is 9.08. The molecule has 2 aromatic carbocycles. The molecule has 0 radical (unpaired) electrons. The first kappa shape index (κ1) is 12.8. The first-order valence-corrected chi connectivity index (χ1v) is 6.71. The summed E-state index contributed by atoms with van der Waals surface area (Å²) in [6.07, 6.45) is 0. The highest BCUT2D eigenvalue weighted by atomic mass is 79.9. The van der Waals surface area contributed by atoms with Crippen molar-refractivity contribution in [1.29, 1.82) is 0 Å². The molecule has 0 aliphatic carbocycles. The van der Waals surface area contributed by atoms with Crippen LogP contribution in [0, 0.1) is 0 Å². The molecule has 0 fully saturated rings. The summed E-state index contributed by atoms with van der Waals surface area (Å²) >= 11 is 3.39. The molecule has 0 saturated heterocycles. The predicted molar refractivity (Wildman–Crippen MR) is 75.8 cm³/mol. The lowest BCUT2D eigenvalue weighted by atomic mass is 9.98. The summed E-state index contributed by atoms with van der Waals surface area (Å²) in [6, 6.07) is 15.6. The third kappa shape index (κ3) is 2.62. The van der Waals surface area contributed by atoms with Crippen LogP contribution in [0.2, 0.25) is 0 Å². The maximum atomic E-state index is 11.8. The smallest absolute Gasteiger partial charge is 0.338 e. The highest BCUT2D eigenvalue weighted by Gasteiger charge is 2.13. The summed E-state index contributed by atoms with van der Waals surface area (Å²) in [6.45, 7) is 0. The summed E-state index contributed by atoms with van der Waals surface area (Å²) in [4.78, 5) is 11.8. The van der Waals surface area contributed by atoms with Gasteiger partial charge >= 0.3 is 5.97 Å².